The summed E-state index contributed by atoms with van der Waals surface area (Å²) in [4.78, 5) is 14.8. The summed E-state index contributed by atoms with van der Waals surface area (Å²) in [5.74, 6) is -1.36. The van der Waals surface area contributed by atoms with E-state index >= 15 is 0 Å². The summed E-state index contributed by atoms with van der Waals surface area (Å²) in [5.41, 5.74) is -0.112. The van der Waals surface area contributed by atoms with E-state index in [-0.39, 0.29) is 11.3 Å². The average Bonchev–Trinajstić information content (AvgIpc) is 2.31. The Morgan fingerprint density at radius 1 is 1.42 bits per heavy atom. The van der Waals surface area contributed by atoms with E-state index in [0.717, 1.165) is 13.3 Å². The van der Waals surface area contributed by atoms with E-state index in [9.17, 15) is 18.0 Å². The minimum absolute atomic E-state index is 0.0975. The molecule has 0 radical (unpaired) electrons. The summed E-state index contributed by atoms with van der Waals surface area (Å²) >= 11 is 1.82. The molecule has 1 aromatic rings. The Bertz CT molecular complexity index is 479. The Kier molecular flexibility index (Phi) is 5.20. The summed E-state index contributed by atoms with van der Waals surface area (Å²) in [7, 11) is 2.40. The Labute approximate surface area is 120 Å². The summed E-state index contributed by atoms with van der Waals surface area (Å²) in [5, 5.41) is 0. The van der Waals surface area contributed by atoms with Crippen LogP contribution in [0.3, 0.4) is 0 Å². The maximum atomic E-state index is 12.3. The molecule has 1 heterocycles. The predicted molar refractivity (Wildman–Crippen MR) is 65.9 cm³/mol. The first-order valence-electron chi connectivity index (χ1n) is 4.82. The number of pyridine rings is 1. The third-order valence-corrected chi connectivity index (χ3v) is 2.78. The van der Waals surface area contributed by atoms with Crippen LogP contribution in [0.1, 0.15) is 5.56 Å². The Morgan fingerprint density at radius 3 is 2.53 bits per heavy atom. The normalized spacial score (nSPS) is 11.1. The highest BCUT2D eigenvalue weighted by Gasteiger charge is 2.34. The first-order valence-corrected chi connectivity index (χ1v) is 5.90. The summed E-state index contributed by atoms with van der Waals surface area (Å²) < 4.78 is 50.4. The van der Waals surface area contributed by atoms with Gasteiger partial charge in [0.05, 0.1) is 29.8 Å². The van der Waals surface area contributed by atoms with E-state index < -0.39 is 24.6 Å². The lowest BCUT2D eigenvalue weighted by Crippen LogP contribution is -2.20. The van der Waals surface area contributed by atoms with Crippen molar-refractivity contribution in [3.8, 4) is 11.6 Å². The average molecular weight is 391 g/mol. The van der Waals surface area contributed by atoms with Crippen molar-refractivity contribution in [3.05, 3.63) is 15.3 Å². The summed E-state index contributed by atoms with van der Waals surface area (Å²) in [6.07, 6.45) is -4.19. The van der Waals surface area contributed by atoms with Crippen molar-refractivity contribution >= 4 is 28.6 Å². The van der Waals surface area contributed by atoms with Crippen molar-refractivity contribution < 1.29 is 32.2 Å². The third-order valence-electron chi connectivity index (χ3n) is 2.01. The summed E-state index contributed by atoms with van der Waals surface area (Å²) in [6.45, 7) is 0. The Balaban J connectivity index is 3.25. The zero-order valence-corrected chi connectivity index (χ0v) is 12.0. The van der Waals surface area contributed by atoms with Crippen LogP contribution in [0.2, 0.25) is 0 Å². The Morgan fingerprint density at radius 2 is 2.05 bits per heavy atom. The van der Waals surface area contributed by atoms with Crippen LogP contribution in [-0.2, 0) is 16.0 Å². The summed E-state index contributed by atoms with van der Waals surface area (Å²) in [6, 6.07) is 0. The van der Waals surface area contributed by atoms with Gasteiger partial charge in [0.25, 0.3) is 0 Å². The number of nitrogens with zero attached hydrogens (tertiary/aromatic N) is 1. The van der Waals surface area contributed by atoms with Gasteiger partial charge in [0.1, 0.15) is 5.75 Å². The monoisotopic (exact) mass is 391 g/mol. The van der Waals surface area contributed by atoms with E-state index in [1.54, 1.807) is 0 Å². The molecule has 1 aromatic heterocycles. The molecule has 0 bridgehead atoms. The van der Waals surface area contributed by atoms with Gasteiger partial charge in [0.15, 0.2) is 0 Å². The molecule has 9 heteroatoms. The van der Waals surface area contributed by atoms with Crippen LogP contribution in [0, 0.1) is 3.57 Å². The smallest absolute Gasteiger partial charge is 0.495 e. The third kappa shape index (κ3) is 4.40. The standard InChI is InChI=1S/C10H9F3INO4/c1-17-7(16)3-5-8(18-2)6(14)4-15-9(5)19-10(11,12)13/h4H,3H2,1-2H3. The molecular formula is C10H9F3INO4. The fourth-order valence-electron chi connectivity index (χ4n) is 1.28. The second-order valence-electron chi connectivity index (χ2n) is 3.22. The highest BCUT2D eigenvalue weighted by atomic mass is 127. The molecule has 0 aliphatic heterocycles. The van der Waals surface area contributed by atoms with E-state index in [0.29, 0.717) is 3.57 Å². The maximum Gasteiger partial charge on any atom is 0.574 e. The lowest BCUT2D eigenvalue weighted by Gasteiger charge is -2.15. The van der Waals surface area contributed by atoms with Crippen molar-refractivity contribution in [2.24, 2.45) is 0 Å². The molecule has 0 aromatic carbocycles. The minimum Gasteiger partial charge on any atom is -0.495 e. The number of esters is 1. The molecule has 5 nitrogen and oxygen atoms in total. The molecular weight excluding hydrogens is 382 g/mol. The number of carbonyl (C=O) groups is 1. The number of ether oxygens (including phenoxy) is 3. The lowest BCUT2D eigenvalue weighted by atomic mass is 10.2. The maximum absolute atomic E-state index is 12.3. The van der Waals surface area contributed by atoms with Gasteiger partial charge in [-0.25, -0.2) is 4.98 Å². The van der Waals surface area contributed by atoms with Gasteiger partial charge in [-0.05, 0) is 22.6 Å². The van der Waals surface area contributed by atoms with E-state index in [1.165, 1.54) is 7.11 Å². The number of alkyl halides is 3. The van der Waals surface area contributed by atoms with Gasteiger partial charge < -0.3 is 14.2 Å². The molecule has 19 heavy (non-hydrogen) atoms. The molecule has 106 valence electrons. The van der Waals surface area contributed by atoms with E-state index in [1.807, 2.05) is 22.6 Å². The van der Waals surface area contributed by atoms with Crippen molar-refractivity contribution in [1.29, 1.82) is 0 Å². The molecule has 0 saturated carbocycles. The van der Waals surface area contributed by atoms with Crippen molar-refractivity contribution in [2.45, 2.75) is 12.8 Å². The number of hydrogen-bond acceptors (Lipinski definition) is 5. The van der Waals surface area contributed by atoms with Gasteiger partial charge in [0, 0.05) is 6.20 Å². The minimum atomic E-state index is -4.91. The lowest BCUT2D eigenvalue weighted by molar-refractivity contribution is -0.276. The van der Waals surface area contributed by atoms with Gasteiger partial charge in [0.2, 0.25) is 5.88 Å². The van der Waals surface area contributed by atoms with E-state index in [4.69, 9.17) is 4.74 Å². The quantitative estimate of drug-likeness (QED) is 0.583. The second kappa shape index (κ2) is 6.26. The molecule has 0 unspecified atom stereocenters. The number of rotatable bonds is 4. The first kappa shape index (κ1) is 15.8. The number of methoxy groups -OCH3 is 2. The SMILES string of the molecule is COC(=O)Cc1c(OC(F)(F)F)ncc(I)c1OC. The number of hydrogen-bond donors (Lipinski definition) is 0. The van der Waals surface area contributed by atoms with Crippen LogP contribution >= 0.6 is 22.6 Å². The van der Waals surface area contributed by atoms with Gasteiger partial charge >= 0.3 is 12.3 Å². The molecule has 0 N–H and O–H groups in total. The molecule has 0 spiro atoms. The van der Waals surface area contributed by atoms with Crippen LogP contribution in [0.4, 0.5) is 13.2 Å². The van der Waals surface area contributed by atoms with E-state index in [2.05, 4.69) is 14.5 Å². The molecule has 0 saturated heterocycles. The van der Waals surface area contributed by atoms with Crippen molar-refractivity contribution in [1.82, 2.24) is 4.98 Å². The fraction of sp³-hybridized carbons (Fsp3) is 0.400. The van der Waals surface area contributed by atoms with Gasteiger partial charge in [-0.1, -0.05) is 0 Å². The van der Waals surface area contributed by atoms with Crippen LogP contribution in [0.5, 0.6) is 11.6 Å². The number of aromatic nitrogens is 1. The fourth-order valence-corrected chi connectivity index (χ4v) is 1.97. The largest absolute Gasteiger partial charge is 0.574 e. The van der Waals surface area contributed by atoms with Crippen LogP contribution < -0.4 is 9.47 Å². The Hall–Kier alpha value is -1.26. The molecule has 0 fully saturated rings. The van der Waals surface area contributed by atoms with Gasteiger partial charge in [-0.3, -0.25) is 4.79 Å². The van der Waals surface area contributed by atoms with Crippen LogP contribution in [-0.4, -0.2) is 31.5 Å². The molecule has 1 rings (SSSR count). The van der Waals surface area contributed by atoms with Crippen molar-refractivity contribution in [2.75, 3.05) is 14.2 Å². The van der Waals surface area contributed by atoms with Crippen LogP contribution in [0.25, 0.3) is 0 Å². The predicted octanol–water partition coefficient (Wildman–Crippen LogP) is 2.31. The topological polar surface area (TPSA) is 57.7 Å². The molecule has 0 atom stereocenters. The number of carbonyl (C=O) groups excluding carboxylic acids is 1. The number of halogens is 4. The van der Waals surface area contributed by atoms with Crippen molar-refractivity contribution in [3.63, 3.8) is 0 Å². The molecule has 0 amide bonds. The molecule has 0 aliphatic rings. The second-order valence-corrected chi connectivity index (χ2v) is 4.39. The van der Waals surface area contributed by atoms with Gasteiger partial charge in [-0.15, -0.1) is 13.2 Å². The zero-order valence-electron chi connectivity index (χ0n) is 9.88. The molecule has 0 aliphatic carbocycles. The zero-order chi connectivity index (χ0) is 14.6. The highest BCUT2D eigenvalue weighted by Crippen LogP contribution is 2.34. The first-order chi connectivity index (χ1) is 8.78. The van der Waals surface area contributed by atoms with Gasteiger partial charge in [-0.2, -0.15) is 0 Å². The van der Waals surface area contributed by atoms with Crippen LogP contribution in [0.15, 0.2) is 6.20 Å². The highest BCUT2D eigenvalue weighted by molar-refractivity contribution is 14.1.